The Hall–Kier alpha value is -0.210. The molecule has 0 saturated carbocycles. The molecule has 1 atom stereocenters. The van der Waals surface area contributed by atoms with Crippen LogP contribution in [0.2, 0.25) is 0 Å². The van der Waals surface area contributed by atoms with Crippen LogP contribution in [0.5, 0.6) is 0 Å². The molecule has 1 aromatic carbocycles. The molecule has 1 unspecified atom stereocenters. The average molecular weight is 388 g/mol. The highest BCUT2D eigenvalue weighted by Gasteiger charge is 2.35. The van der Waals surface area contributed by atoms with Gasteiger partial charge in [0.2, 0.25) is 10.0 Å². The van der Waals surface area contributed by atoms with Crippen LogP contribution in [0.25, 0.3) is 0 Å². The fraction of sp³-hybridized carbons (Fsp3) is 0.500. The van der Waals surface area contributed by atoms with E-state index in [-0.39, 0.29) is 27.8 Å². The number of likely N-dealkylation sites (N-methyl/N-ethyl adjacent to an activating group) is 1. The fourth-order valence-corrected chi connectivity index (χ4v) is 4.29. The third kappa shape index (κ3) is 3.51. The molecule has 1 fully saturated rings. The quantitative estimate of drug-likeness (QED) is 0.863. The molecule has 20 heavy (non-hydrogen) atoms. The van der Waals surface area contributed by atoms with Crippen molar-refractivity contribution < 1.29 is 12.8 Å². The lowest BCUT2D eigenvalue weighted by Crippen LogP contribution is -2.40. The van der Waals surface area contributed by atoms with E-state index in [0.29, 0.717) is 13.1 Å². The second kappa shape index (κ2) is 7.17. The van der Waals surface area contributed by atoms with Gasteiger partial charge in [0, 0.05) is 19.1 Å². The first kappa shape index (κ1) is 17.8. The highest BCUT2D eigenvalue weighted by molar-refractivity contribution is 9.10. The van der Waals surface area contributed by atoms with Gasteiger partial charge < -0.3 is 5.32 Å². The minimum absolute atomic E-state index is 0. The Kier molecular flexibility index (Phi) is 6.40. The lowest BCUT2D eigenvalue weighted by Gasteiger charge is -2.23. The molecule has 8 heteroatoms. The van der Waals surface area contributed by atoms with Gasteiger partial charge in [-0.3, -0.25) is 0 Å². The zero-order valence-electron chi connectivity index (χ0n) is 11.0. The van der Waals surface area contributed by atoms with Crippen LogP contribution in [0.1, 0.15) is 12.8 Å². The minimum atomic E-state index is -3.62. The van der Waals surface area contributed by atoms with Gasteiger partial charge >= 0.3 is 0 Å². The van der Waals surface area contributed by atoms with Gasteiger partial charge in [0.1, 0.15) is 5.82 Å². The number of rotatable bonds is 4. The van der Waals surface area contributed by atoms with Gasteiger partial charge in [0.15, 0.2) is 0 Å². The molecule has 0 aromatic heterocycles. The van der Waals surface area contributed by atoms with Gasteiger partial charge in [-0.05, 0) is 54.0 Å². The third-order valence-corrected chi connectivity index (χ3v) is 5.85. The fourth-order valence-electron chi connectivity index (χ4n) is 2.34. The van der Waals surface area contributed by atoms with Crippen molar-refractivity contribution in [2.24, 2.45) is 0 Å². The monoisotopic (exact) mass is 386 g/mol. The molecule has 2 rings (SSSR count). The molecule has 0 amide bonds. The SMILES string of the molecule is CNCC1CCCN1S(=O)(=O)c1ccc(Br)c(F)c1.Cl. The van der Waals surface area contributed by atoms with Crippen molar-refractivity contribution in [2.75, 3.05) is 20.1 Å². The number of nitrogens with one attached hydrogen (secondary N) is 1. The standard InChI is InChI=1S/C12H16BrFN2O2S.ClH/c1-15-8-9-3-2-6-16(9)19(17,18)10-4-5-11(13)12(14)7-10;/h4-5,7,9,15H,2-3,6,8H2,1H3;1H. The van der Waals surface area contributed by atoms with Crippen molar-refractivity contribution in [2.45, 2.75) is 23.8 Å². The Balaban J connectivity index is 0.00000200. The summed E-state index contributed by atoms with van der Waals surface area (Å²) in [4.78, 5) is 0.0104. The van der Waals surface area contributed by atoms with Crippen LogP contribution < -0.4 is 5.32 Å². The molecule has 0 bridgehead atoms. The molecule has 0 aliphatic carbocycles. The topological polar surface area (TPSA) is 49.4 Å². The second-order valence-corrected chi connectivity index (χ2v) is 7.29. The third-order valence-electron chi connectivity index (χ3n) is 3.26. The van der Waals surface area contributed by atoms with Crippen LogP contribution in [0, 0.1) is 5.82 Å². The Morgan fingerprint density at radius 1 is 1.50 bits per heavy atom. The Morgan fingerprint density at radius 2 is 2.20 bits per heavy atom. The predicted molar refractivity (Wildman–Crippen MR) is 82.2 cm³/mol. The summed E-state index contributed by atoms with van der Waals surface area (Å²) >= 11 is 3.02. The van der Waals surface area contributed by atoms with E-state index in [1.54, 1.807) is 7.05 Å². The van der Waals surface area contributed by atoms with Crippen molar-refractivity contribution in [3.8, 4) is 0 Å². The van der Waals surface area contributed by atoms with Gasteiger partial charge in [0.05, 0.1) is 9.37 Å². The van der Waals surface area contributed by atoms with E-state index in [4.69, 9.17) is 0 Å². The van der Waals surface area contributed by atoms with Gasteiger partial charge in [-0.25, -0.2) is 12.8 Å². The molecular formula is C12H17BrClFN2O2S. The van der Waals surface area contributed by atoms with Gasteiger partial charge in [-0.15, -0.1) is 12.4 Å². The highest BCUT2D eigenvalue weighted by atomic mass is 79.9. The van der Waals surface area contributed by atoms with Gasteiger partial charge in [0.25, 0.3) is 0 Å². The molecule has 1 aliphatic heterocycles. The van der Waals surface area contributed by atoms with Crippen molar-refractivity contribution in [3.05, 3.63) is 28.5 Å². The van der Waals surface area contributed by atoms with Crippen LogP contribution in [0.3, 0.4) is 0 Å². The van der Waals surface area contributed by atoms with Gasteiger partial charge in [-0.2, -0.15) is 4.31 Å². The number of sulfonamides is 1. The largest absolute Gasteiger partial charge is 0.318 e. The lowest BCUT2D eigenvalue weighted by atomic mass is 10.2. The molecule has 114 valence electrons. The van der Waals surface area contributed by atoms with Crippen molar-refractivity contribution in [1.29, 1.82) is 0 Å². The molecular weight excluding hydrogens is 371 g/mol. The molecule has 1 heterocycles. The van der Waals surface area contributed by atoms with E-state index >= 15 is 0 Å². The number of benzene rings is 1. The zero-order valence-corrected chi connectivity index (χ0v) is 14.2. The summed E-state index contributed by atoms with van der Waals surface area (Å²) in [5, 5.41) is 3.00. The summed E-state index contributed by atoms with van der Waals surface area (Å²) in [6, 6.07) is 3.86. The first-order chi connectivity index (χ1) is 8.96. The average Bonchev–Trinajstić information content (AvgIpc) is 2.82. The van der Waals surface area contributed by atoms with E-state index in [1.807, 2.05) is 0 Å². The molecule has 1 N–H and O–H groups in total. The Morgan fingerprint density at radius 3 is 2.80 bits per heavy atom. The Bertz CT molecular complexity index is 571. The van der Waals surface area contributed by atoms with E-state index in [9.17, 15) is 12.8 Å². The molecule has 1 saturated heterocycles. The first-order valence-corrected chi connectivity index (χ1v) is 8.31. The predicted octanol–water partition coefficient (Wildman–Crippen LogP) is 2.38. The maximum Gasteiger partial charge on any atom is 0.243 e. The van der Waals surface area contributed by atoms with E-state index in [0.717, 1.165) is 18.9 Å². The summed E-state index contributed by atoms with van der Waals surface area (Å²) in [5.41, 5.74) is 0. The van der Waals surface area contributed by atoms with Crippen LogP contribution in [0.15, 0.2) is 27.6 Å². The summed E-state index contributed by atoms with van der Waals surface area (Å²) in [7, 11) is -1.82. The summed E-state index contributed by atoms with van der Waals surface area (Å²) in [5.74, 6) is -0.564. The Labute approximate surface area is 133 Å². The number of hydrogen-bond donors (Lipinski definition) is 1. The minimum Gasteiger partial charge on any atom is -0.318 e. The zero-order chi connectivity index (χ0) is 14.0. The van der Waals surface area contributed by atoms with Crippen LogP contribution in [-0.2, 0) is 10.0 Å². The van der Waals surface area contributed by atoms with E-state index in [1.165, 1.54) is 16.4 Å². The van der Waals surface area contributed by atoms with Gasteiger partial charge in [-0.1, -0.05) is 0 Å². The molecule has 1 aliphatic rings. The van der Waals surface area contributed by atoms with E-state index in [2.05, 4.69) is 21.2 Å². The number of halogens is 3. The maximum atomic E-state index is 13.5. The molecule has 4 nitrogen and oxygen atoms in total. The number of hydrogen-bond acceptors (Lipinski definition) is 3. The maximum absolute atomic E-state index is 13.5. The molecule has 0 spiro atoms. The lowest BCUT2D eigenvalue weighted by molar-refractivity contribution is 0.379. The molecule has 1 aromatic rings. The summed E-state index contributed by atoms with van der Waals surface area (Å²) in [6.45, 7) is 1.10. The van der Waals surface area contributed by atoms with Crippen LogP contribution in [-0.4, -0.2) is 38.9 Å². The van der Waals surface area contributed by atoms with Crippen molar-refractivity contribution in [1.82, 2.24) is 9.62 Å². The second-order valence-electron chi connectivity index (χ2n) is 4.55. The highest BCUT2D eigenvalue weighted by Crippen LogP contribution is 2.27. The van der Waals surface area contributed by atoms with Crippen LogP contribution >= 0.6 is 28.3 Å². The van der Waals surface area contributed by atoms with Crippen molar-refractivity contribution >= 4 is 38.4 Å². The molecule has 0 radical (unpaired) electrons. The summed E-state index contributed by atoms with van der Waals surface area (Å²) in [6.07, 6.45) is 1.67. The van der Waals surface area contributed by atoms with Crippen LogP contribution in [0.4, 0.5) is 4.39 Å². The first-order valence-electron chi connectivity index (χ1n) is 6.08. The van der Waals surface area contributed by atoms with E-state index < -0.39 is 15.8 Å². The smallest absolute Gasteiger partial charge is 0.243 e. The number of nitrogens with zero attached hydrogens (tertiary/aromatic N) is 1. The summed E-state index contributed by atoms with van der Waals surface area (Å²) < 4.78 is 40.2. The van der Waals surface area contributed by atoms with Crippen molar-refractivity contribution in [3.63, 3.8) is 0 Å². The normalized spacial score (nSPS) is 19.9.